The summed E-state index contributed by atoms with van der Waals surface area (Å²) in [5.74, 6) is 0.769. The molecule has 0 saturated carbocycles. The number of rotatable bonds is 1. The van der Waals surface area contributed by atoms with Crippen LogP contribution in [0.4, 0.5) is 0 Å². The number of halogens is 1. The van der Waals surface area contributed by atoms with Crippen molar-refractivity contribution >= 4 is 27.3 Å². The highest BCUT2D eigenvalue weighted by molar-refractivity contribution is 9.10. The minimum Gasteiger partial charge on any atom is -0.236 e. The van der Waals surface area contributed by atoms with Gasteiger partial charge in [0, 0.05) is 17.1 Å². The average molecular weight is 241 g/mol. The molecule has 12 heavy (non-hydrogen) atoms. The first-order valence-corrected chi connectivity index (χ1v) is 5.11. The van der Waals surface area contributed by atoms with Gasteiger partial charge in [-0.1, -0.05) is 0 Å². The molecule has 0 spiro atoms. The van der Waals surface area contributed by atoms with Crippen LogP contribution < -0.4 is 0 Å². The lowest BCUT2D eigenvalue weighted by atomic mass is 10.3. The van der Waals surface area contributed by atoms with Gasteiger partial charge in [0.15, 0.2) is 5.82 Å². The van der Waals surface area contributed by atoms with Gasteiger partial charge in [-0.05, 0) is 33.4 Å². The molecule has 0 aliphatic heterocycles. The molecule has 0 atom stereocenters. The van der Waals surface area contributed by atoms with Crippen LogP contribution in [0.1, 0.15) is 0 Å². The summed E-state index contributed by atoms with van der Waals surface area (Å²) in [7, 11) is 0. The van der Waals surface area contributed by atoms with Crippen molar-refractivity contribution in [3.05, 3.63) is 33.7 Å². The van der Waals surface area contributed by atoms with E-state index in [4.69, 9.17) is 0 Å². The molecule has 0 amide bonds. The van der Waals surface area contributed by atoms with Crippen LogP contribution >= 0.6 is 27.3 Å². The van der Waals surface area contributed by atoms with E-state index in [-0.39, 0.29) is 0 Å². The van der Waals surface area contributed by atoms with Crippen LogP contribution in [0.25, 0.3) is 11.4 Å². The maximum absolute atomic E-state index is 4.23. The summed E-state index contributed by atoms with van der Waals surface area (Å²) in [5, 5.41) is 4.04. The van der Waals surface area contributed by atoms with Gasteiger partial charge in [0.25, 0.3) is 0 Å². The molecule has 0 saturated heterocycles. The predicted molar refractivity (Wildman–Crippen MR) is 53.0 cm³/mol. The summed E-state index contributed by atoms with van der Waals surface area (Å²) in [4.78, 5) is 8.38. The fraction of sp³-hybridized carbons (Fsp3) is 0. The lowest BCUT2D eigenvalue weighted by molar-refractivity contribution is 1.15. The second-order valence-corrected chi connectivity index (χ2v) is 3.81. The van der Waals surface area contributed by atoms with E-state index in [2.05, 4.69) is 25.9 Å². The highest BCUT2D eigenvalue weighted by atomic mass is 79.9. The van der Waals surface area contributed by atoms with Gasteiger partial charge < -0.3 is 0 Å². The predicted octanol–water partition coefficient (Wildman–Crippen LogP) is 2.97. The smallest absolute Gasteiger partial charge is 0.161 e. The summed E-state index contributed by atoms with van der Waals surface area (Å²) in [5.41, 5.74) is 1.07. The van der Waals surface area contributed by atoms with E-state index in [0.29, 0.717) is 0 Å². The number of hydrogen-bond acceptors (Lipinski definition) is 3. The number of aromatic nitrogens is 2. The van der Waals surface area contributed by atoms with Crippen molar-refractivity contribution in [2.45, 2.75) is 0 Å². The second-order valence-electron chi connectivity index (χ2n) is 2.21. The summed E-state index contributed by atoms with van der Waals surface area (Å²) < 4.78 is 0.818. The number of thiophene rings is 1. The highest BCUT2D eigenvalue weighted by Crippen LogP contribution is 2.18. The summed E-state index contributed by atoms with van der Waals surface area (Å²) in [6, 6.07) is 3.82. The molecule has 0 fully saturated rings. The molecule has 2 aromatic heterocycles. The fourth-order valence-corrected chi connectivity index (χ4v) is 1.79. The fourth-order valence-electron chi connectivity index (χ4n) is 0.867. The zero-order chi connectivity index (χ0) is 8.39. The monoisotopic (exact) mass is 240 g/mol. The zero-order valence-electron chi connectivity index (χ0n) is 6.07. The van der Waals surface area contributed by atoms with Crippen LogP contribution in [0.3, 0.4) is 0 Å². The highest BCUT2D eigenvalue weighted by Gasteiger charge is 2.00. The Balaban J connectivity index is 2.48. The molecule has 0 aliphatic rings. The van der Waals surface area contributed by atoms with Crippen LogP contribution in [-0.2, 0) is 0 Å². The third-order valence-corrected chi connectivity index (χ3v) is 2.53. The molecule has 2 aromatic rings. The topological polar surface area (TPSA) is 25.8 Å². The van der Waals surface area contributed by atoms with Gasteiger partial charge in [0.05, 0.1) is 0 Å². The molecule has 0 radical (unpaired) electrons. The van der Waals surface area contributed by atoms with E-state index < -0.39 is 0 Å². The lowest BCUT2D eigenvalue weighted by Gasteiger charge is -1.94. The van der Waals surface area contributed by atoms with Gasteiger partial charge in [-0.25, -0.2) is 9.97 Å². The van der Waals surface area contributed by atoms with Crippen molar-refractivity contribution < 1.29 is 0 Å². The Morgan fingerprint density at radius 1 is 1.33 bits per heavy atom. The quantitative estimate of drug-likeness (QED) is 0.717. The van der Waals surface area contributed by atoms with E-state index in [1.807, 2.05) is 22.9 Å². The van der Waals surface area contributed by atoms with Crippen LogP contribution in [-0.4, -0.2) is 9.97 Å². The Hall–Kier alpha value is -0.740. The van der Waals surface area contributed by atoms with E-state index in [1.165, 1.54) is 0 Å². The molecule has 4 heteroatoms. The van der Waals surface area contributed by atoms with Crippen LogP contribution in [0.5, 0.6) is 0 Å². The third-order valence-electron chi connectivity index (χ3n) is 1.40. The molecule has 60 valence electrons. The molecule has 0 N–H and O–H groups in total. The zero-order valence-corrected chi connectivity index (χ0v) is 8.47. The van der Waals surface area contributed by atoms with Gasteiger partial charge in [-0.2, -0.15) is 11.3 Å². The second kappa shape index (κ2) is 3.33. The van der Waals surface area contributed by atoms with Gasteiger partial charge in [0.2, 0.25) is 0 Å². The summed E-state index contributed by atoms with van der Waals surface area (Å²) in [6.45, 7) is 0. The number of hydrogen-bond donors (Lipinski definition) is 0. The largest absolute Gasteiger partial charge is 0.236 e. The van der Waals surface area contributed by atoms with Crippen LogP contribution in [0, 0.1) is 0 Å². The first kappa shape index (κ1) is 7.89. The maximum Gasteiger partial charge on any atom is 0.161 e. The molecule has 2 rings (SSSR count). The third kappa shape index (κ3) is 1.54. The Morgan fingerprint density at radius 3 is 2.92 bits per heavy atom. The Kier molecular flexibility index (Phi) is 2.19. The Labute approximate surface area is 82.4 Å². The molecule has 0 unspecified atom stereocenters. The Bertz CT molecular complexity index is 372. The first-order valence-electron chi connectivity index (χ1n) is 3.37. The summed E-state index contributed by atoms with van der Waals surface area (Å²) in [6.07, 6.45) is 1.74. The molecular weight excluding hydrogens is 236 g/mol. The van der Waals surface area contributed by atoms with Crippen molar-refractivity contribution in [3.63, 3.8) is 0 Å². The first-order chi connectivity index (χ1) is 5.86. The van der Waals surface area contributed by atoms with Gasteiger partial charge >= 0.3 is 0 Å². The average Bonchev–Trinajstić information content (AvgIpc) is 2.56. The molecule has 0 bridgehead atoms. The standard InChI is InChI=1S/C8H5BrN2S/c9-7-1-3-10-8(11-7)6-2-4-12-5-6/h1-5H. The molecule has 2 heterocycles. The van der Waals surface area contributed by atoms with Gasteiger partial charge in [-0.15, -0.1) is 0 Å². The number of nitrogens with zero attached hydrogens (tertiary/aromatic N) is 2. The molecule has 0 aliphatic carbocycles. The van der Waals surface area contributed by atoms with Crippen LogP contribution in [0.2, 0.25) is 0 Å². The molecule has 2 nitrogen and oxygen atoms in total. The van der Waals surface area contributed by atoms with Crippen LogP contribution in [0.15, 0.2) is 33.7 Å². The molecular formula is C8H5BrN2S. The van der Waals surface area contributed by atoms with Crippen molar-refractivity contribution in [2.24, 2.45) is 0 Å². The van der Waals surface area contributed by atoms with Crippen molar-refractivity contribution in [3.8, 4) is 11.4 Å². The SMILES string of the molecule is Brc1ccnc(-c2ccsc2)n1. The maximum atomic E-state index is 4.23. The van der Waals surface area contributed by atoms with Crippen molar-refractivity contribution in [1.82, 2.24) is 9.97 Å². The van der Waals surface area contributed by atoms with Crippen molar-refractivity contribution in [2.75, 3.05) is 0 Å². The normalized spacial score (nSPS) is 10.1. The summed E-state index contributed by atoms with van der Waals surface area (Å²) >= 11 is 4.94. The molecule has 0 aromatic carbocycles. The van der Waals surface area contributed by atoms with E-state index in [9.17, 15) is 0 Å². The van der Waals surface area contributed by atoms with E-state index in [0.717, 1.165) is 16.0 Å². The lowest BCUT2D eigenvalue weighted by Crippen LogP contribution is -1.85. The minimum atomic E-state index is 0.769. The van der Waals surface area contributed by atoms with Gasteiger partial charge in [0.1, 0.15) is 4.60 Å². The minimum absolute atomic E-state index is 0.769. The van der Waals surface area contributed by atoms with Crippen molar-refractivity contribution in [1.29, 1.82) is 0 Å². The van der Waals surface area contributed by atoms with E-state index >= 15 is 0 Å². The van der Waals surface area contributed by atoms with E-state index in [1.54, 1.807) is 17.5 Å². The van der Waals surface area contributed by atoms with Gasteiger partial charge in [-0.3, -0.25) is 0 Å². The Morgan fingerprint density at radius 2 is 2.25 bits per heavy atom.